The van der Waals surface area contributed by atoms with Crippen LogP contribution in [0, 0.1) is 0 Å². The van der Waals surface area contributed by atoms with Crippen LogP contribution in [0.3, 0.4) is 0 Å². The molecule has 2 aromatic rings. The first kappa shape index (κ1) is 16.2. The van der Waals surface area contributed by atoms with Gasteiger partial charge in [0.05, 0.1) is 18.3 Å². The van der Waals surface area contributed by atoms with E-state index in [1.54, 1.807) is 15.8 Å². The number of likely N-dealkylation sites (tertiary alicyclic amines) is 1. The number of nitrogens with zero attached hydrogens (tertiary/aromatic N) is 3. The summed E-state index contributed by atoms with van der Waals surface area (Å²) < 4.78 is 1.79. The van der Waals surface area contributed by atoms with Crippen LogP contribution in [0.5, 0.6) is 0 Å². The van der Waals surface area contributed by atoms with Gasteiger partial charge in [0.1, 0.15) is 0 Å². The SMILES string of the molecule is O=C(O)CC1CCCN1C(=O)CCc1cnn(-c2ccccc2)c1. The van der Waals surface area contributed by atoms with E-state index in [4.69, 9.17) is 5.11 Å². The van der Waals surface area contributed by atoms with E-state index in [1.807, 2.05) is 36.5 Å². The highest BCUT2D eigenvalue weighted by molar-refractivity contribution is 5.78. The van der Waals surface area contributed by atoms with Crippen molar-refractivity contribution in [2.24, 2.45) is 0 Å². The van der Waals surface area contributed by atoms with Crippen LogP contribution < -0.4 is 0 Å². The van der Waals surface area contributed by atoms with Gasteiger partial charge < -0.3 is 10.0 Å². The molecule has 1 unspecified atom stereocenters. The number of rotatable bonds is 6. The molecule has 1 aromatic carbocycles. The summed E-state index contributed by atoms with van der Waals surface area (Å²) in [6.45, 7) is 0.667. The maximum Gasteiger partial charge on any atom is 0.305 e. The Morgan fingerprint density at radius 2 is 2.04 bits per heavy atom. The number of aromatic nitrogens is 2. The number of benzene rings is 1. The maximum atomic E-state index is 12.4. The van der Waals surface area contributed by atoms with Gasteiger partial charge in [0.25, 0.3) is 0 Å². The monoisotopic (exact) mass is 327 g/mol. The van der Waals surface area contributed by atoms with Crippen molar-refractivity contribution in [2.45, 2.75) is 38.1 Å². The van der Waals surface area contributed by atoms with Gasteiger partial charge in [-0.1, -0.05) is 18.2 Å². The Morgan fingerprint density at radius 3 is 2.79 bits per heavy atom. The number of carbonyl (C=O) groups is 2. The lowest BCUT2D eigenvalue weighted by Crippen LogP contribution is -2.36. The standard InChI is InChI=1S/C18H21N3O3/c22-17(20-10-4-7-16(20)11-18(23)24)9-8-14-12-19-21(13-14)15-5-2-1-3-6-15/h1-3,5-6,12-13,16H,4,7-11H2,(H,23,24). The van der Waals surface area contributed by atoms with E-state index in [2.05, 4.69) is 5.10 Å². The van der Waals surface area contributed by atoms with Crippen LogP contribution in [0.1, 0.15) is 31.2 Å². The smallest absolute Gasteiger partial charge is 0.305 e. The molecule has 0 aliphatic carbocycles. The molecule has 0 bridgehead atoms. The third-order valence-electron chi connectivity index (χ3n) is 4.39. The van der Waals surface area contributed by atoms with Crippen LogP contribution in [0.15, 0.2) is 42.7 Å². The molecule has 0 saturated carbocycles. The minimum Gasteiger partial charge on any atom is -0.481 e. The Morgan fingerprint density at radius 1 is 1.25 bits per heavy atom. The van der Waals surface area contributed by atoms with Crippen molar-refractivity contribution < 1.29 is 14.7 Å². The van der Waals surface area contributed by atoms with Gasteiger partial charge >= 0.3 is 5.97 Å². The summed E-state index contributed by atoms with van der Waals surface area (Å²) >= 11 is 0. The molecule has 1 N–H and O–H groups in total. The zero-order valence-corrected chi connectivity index (χ0v) is 13.5. The van der Waals surface area contributed by atoms with E-state index in [1.165, 1.54) is 0 Å². The van der Waals surface area contributed by atoms with Crippen LogP contribution in [0.4, 0.5) is 0 Å². The fourth-order valence-corrected chi connectivity index (χ4v) is 3.18. The molecule has 6 nitrogen and oxygen atoms in total. The molecule has 1 saturated heterocycles. The molecule has 1 aliphatic heterocycles. The first-order chi connectivity index (χ1) is 11.6. The van der Waals surface area contributed by atoms with Crippen molar-refractivity contribution in [1.82, 2.24) is 14.7 Å². The van der Waals surface area contributed by atoms with Crippen molar-refractivity contribution in [3.8, 4) is 5.69 Å². The van der Waals surface area contributed by atoms with Crippen LogP contribution in [-0.4, -0.2) is 44.3 Å². The van der Waals surface area contributed by atoms with Crippen LogP contribution >= 0.6 is 0 Å². The molecule has 126 valence electrons. The van der Waals surface area contributed by atoms with Gasteiger partial charge in [-0.25, -0.2) is 4.68 Å². The van der Waals surface area contributed by atoms with Crippen molar-refractivity contribution in [3.05, 3.63) is 48.3 Å². The van der Waals surface area contributed by atoms with Crippen molar-refractivity contribution in [3.63, 3.8) is 0 Å². The van der Waals surface area contributed by atoms with Gasteiger partial charge in [0.2, 0.25) is 5.91 Å². The fourth-order valence-electron chi connectivity index (χ4n) is 3.18. The van der Waals surface area contributed by atoms with E-state index in [0.717, 1.165) is 24.1 Å². The van der Waals surface area contributed by atoms with E-state index in [0.29, 0.717) is 19.4 Å². The van der Waals surface area contributed by atoms with E-state index < -0.39 is 5.97 Å². The Hall–Kier alpha value is -2.63. The number of carboxylic acids is 1. The van der Waals surface area contributed by atoms with E-state index in [9.17, 15) is 9.59 Å². The molecule has 0 radical (unpaired) electrons. The van der Waals surface area contributed by atoms with Gasteiger partial charge in [-0.2, -0.15) is 5.10 Å². The first-order valence-electron chi connectivity index (χ1n) is 8.24. The van der Waals surface area contributed by atoms with E-state index in [-0.39, 0.29) is 18.4 Å². The number of amides is 1. The lowest BCUT2D eigenvalue weighted by molar-refractivity contribution is -0.139. The van der Waals surface area contributed by atoms with E-state index >= 15 is 0 Å². The first-order valence-corrected chi connectivity index (χ1v) is 8.24. The summed E-state index contributed by atoms with van der Waals surface area (Å²) in [5.41, 5.74) is 1.98. The molecule has 1 aromatic heterocycles. The highest BCUT2D eigenvalue weighted by atomic mass is 16.4. The van der Waals surface area contributed by atoms with Crippen molar-refractivity contribution in [1.29, 1.82) is 0 Å². The van der Waals surface area contributed by atoms with Gasteiger partial charge in [-0.05, 0) is 37.0 Å². The van der Waals surface area contributed by atoms with Gasteiger partial charge in [0, 0.05) is 25.2 Å². The molecular formula is C18H21N3O3. The molecule has 0 spiro atoms. The zero-order valence-electron chi connectivity index (χ0n) is 13.5. The number of aliphatic carboxylic acids is 1. The highest BCUT2D eigenvalue weighted by Crippen LogP contribution is 2.21. The van der Waals surface area contributed by atoms with Crippen LogP contribution in [0.2, 0.25) is 0 Å². The fraction of sp³-hybridized carbons (Fsp3) is 0.389. The summed E-state index contributed by atoms with van der Waals surface area (Å²) in [5.74, 6) is -0.810. The molecular weight excluding hydrogens is 306 g/mol. The third kappa shape index (κ3) is 3.82. The second-order valence-electron chi connectivity index (χ2n) is 6.11. The molecule has 1 atom stereocenters. The summed E-state index contributed by atoms with van der Waals surface area (Å²) in [6.07, 6.45) is 6.41. The molecule has 3 rings (SSSR count). The predicted octanol–water partition coefficient (Wildman–Crippen LogP) is 2.27. The van der Waals surface area contributed by atoms with Gasteiger partial charge in [-0.3, -0.25) is 9.59 Å². The Kier molecular flexibility index (Phi) is 4.93. The Bertz CT molecular complexity index is 711. The predicted molar refractivity (Wildman–Crippen MR) is 88.9 cm³/mol. The number of hydrogen-bond donors (Lipinski definition) is 1. The number of carbonyl (C=O) groups excluding carboxylic acids is 1. The number of carboxylic acid groups (broad SMARTS) is 1. The topological polar surface area (TPSA) is 75.4 Å². The Labute approximate surface area is 140 Å². The number of aryl methyl sites for hydroxylation is 1. The van der Waals surface area contributed by atoms with Crippen LogP contribution in [-0.2, 0) is 16.0 Å². The molecule has 6 heteroatoms. The minimum atomic E-state index is -0.844. The zero-order chi connectivity index (χ0) is 16.9. The summed E-state index contributed by atoms with van der Waals surface area (Å²) in [6, 6.07) is 9.66. The molecule has 24 heavy (non-hydrogen) atoms. The minimum absolute atomic E-state index is 0.0335. The molecule has 2 heterocycles. The third-order valence-corrected chi connectivity index (χ3v) is 4.39. The lowest BCUT2D eigenvalue weighted by atomic mass is 10.1. The molecule has 1 amide bonds. The molecule has 1 fully saturated rings. The highest BCUT2D eigenvalue weighted by Gasteiger charge is 2.29. The largest absolute Gasteiger partial charge is 0.481 e. The Balaban J connectivity index is 1.57. The van der Waals surface area contributed by atoms with Gasteiger partial charge in [-0.15, -0.1) is 0 Å². The van der Waals surface area contributed by atoms with Crippen molar-refractivity contribution >= 4 is 11.9 Å². The number of para-hydroxylation sites is 1. The molecule has 1 aliphatic rings. The normalized spacial score (nSPS) is 17.2. The summed E-state index contributed by atoms with van der Waals surface area (Å²) in [7, 11) is 0. The lowest BCUT2D eigenvalue weighted by Gasteiger charge is -2.23. The van der Waals surface area contributed by atoms with Crippen LogP contribution in [0.25, 0.3) is 5.69 Å². The van der Waals surface area contributed by atoms with Gasteiger partial charge in [0.15, 0.2) is 0 Å². The average molecular weight is 327 g/mol. The summed E-state index contributed by atoms with van der Waals surface area (Å²) in [4.78, 5) is 25.0. The second-order valence-corrected chi connectivity index (χ2v) is 6.11. The second kappa shape index (κ2) is 7.29. The summed E-state index contributed by atoms with van der Waals surface area (Å²) in [5, 5.41) is 13.3. The quantitative estimate of drug-likeness (QED) is 0.883. The average Bonchev–Trinajstić information content (AvgIpc) is 3.22. The maximum absolute atomic E-state index is 12.4. The number of hydrogen-bond acceptors (Lipinski definition) is 3. The van der Waals surface area contributed by atoms with Crippen molar-refractivity contribution in [2.75, 3.05) is 6.54 Å².